The smallest absolute Gasteiger partial charge is 0.0797 e. The maximum atomic E-state index is 6.21. The maximum absolute atomic E-state index is 6.21. The lowest BCUT2D eigenvalue weighted by Gasteiger charge is -2.42. The van der Waals surface area contributed by atoms with Crippen LogP contribution in [0.3, 0.4) is 0 Å². The summed E-state index contributed by atoms with van der Waals surface area (Å²) in [6.07, 6.45) is 5.94. The molecule has 0 saturated heterocycles. The van der Waals surface area contributed by atoms with Gasteiger partial charge in [0, 0.05) is 17.3 Å². The van der Waals surface area contributed by atoms with Crippen molar-refractivity contribution in [1.82, 2.24) is 10.3 Å². The third kappa shape index (κ3) is 4.26. The molecule has 0 aliphatic heterocycles. The lowest BCUT2D eigenvalue weighted by atomic mass is 9.77. The van der Waals surface area contributed by atoms with Crippen LogP contribution in [0.2, 0.25) is 0 Å². The van der Waals surface area contributed by atoms with Crippen molar-refractivity contribution in [2.24, 2.45) is 0 Å². The average Bonchev–Trinajstić information content (AvgIpc) is 2.70. The number of hydrogen-bond acceptors (Lipinski definition) is 4. The first-order valence-electron chi connectivity index (χ1n) is 7.38. The molecule has 1 aliphatic rings. The van der Waals surface area contributed by atoms with Gasteiger partial charge < -0.3 is 10.1 Å². The predicted octanol–water partition coefficient (Wildman–Crippen LogP) is 3.32. The van der Waals surface area contributed by atoms with E-state index in [0.717, 1.165) is 31.7 Å². The largest absolute Gasteiger partial charge is 0.375 e. The van der Waals surface area contributed by atoms with E-state index in [1.54, 1.807) is 11.3 Å². The number of nitrogens with one attached hydrogen (secondary N) is 1. The van der Waals surface area contributed by atoms with Crippen LogP contribution in [-0.2, 0) is 11.2 Å². The van der Waals surface area contributed by atoms with Crippen LogP contribution in [0.5, 0.6) is 0 Å². The fourth-order valence-corrected chi connectivity index (χ4v) is 3.32. The zero-order valence-corrected chi connectivity index (χ0v) is 13.2. The number of rotatable bonds is 8. The fraction of sp³-hybridized carbons (Fsp3) is 0.800. The second kappa shape index (κ2) is 6.82. The van der Waals surface area contributed by atoms with E-state index < -0.39 is 0 Å². The molecule has 4 heteroatoms. The van der Waals surface area contributed by atoms with E-state index >= 15 is 0 Å². The van der Waals surface area contributed by atoms with E-state index in [4.69, 9.17) is 4.74 Å². The molecule has 1 N–H and O–H groups in total. The first-order valence-corrected chi connectivity index (χ1v) is 8.26. The van der Waals surface area contributed by atoms with Crippen molar-refractivity contribution in [2.75, 3.05) is 13.2 Å². The SMILES string of the molecule is Cc1ncsc1CCOC1(CCNC(C)C)CCC1. The molecule has 1 aromatic heterocycles. The minimum atomic E-state index is 0.167. The Morgan fingerprint density at radius 2 is 2.26 bits per heavy atom. The molecule has 0 unspecified atom stereocenters. The number of aromatic nitrogens is 1. The highest BCUT2D eigenvalue weighted by molar-refractivity contribution is 7.09. The molecule has 3 nitrogen and oxygen atoms in total. The van der Waals surface area contributed by atoms with Crippen molar-refractivity contribution in [3.8, 4) is 0 Å². The van der Waals surface area contributed by atoms with E-state index in [-0.39, 0.29) is 5.60 Å². The summed E-state index contributed by atoms with van der Waals surface area (Å²) in [7, 11) is 0. The van der Waals surface area contributed by atoms with Gasteiger partial charge in [0.2, 0.25) is 0 Å². The molecular formula is C15H26N2OS. The number of hydrogen-bond donors (Lipinski definition) is 1. The van der Waals surface area contributed by atoms with Crippen molar-refractivity contribution in [3.05, 3.63) is 16.1 Å². The summed E-state index contributed by atoms with van der Waals surface area (Å²) in [5.41, 5.74) is 3.26. The number of aryl methyl sites for hydroxylation is 1. The Hall–Kier alpha value is -0.450. The third-order valence-electron chi connectivity index (χ3n) is 3.98. The van der Waals surface area contributed by atoms with Gasteiger partial charge in [-0.15, -0.1) is 11.3 Å². The summed E-state index contributed by atoms with van der Waals surface area (Å²) in [6.45, 7) is 8.38. The second-order valence-electron chi connectivity index (χ2n) is 5.85. The van der Waals surface area contributed by atoms with Crippen molar-refractivity contribution in [2.45, 2.75) is 64.5 Å². The predicted molar refractivity (Wildman–Crippen MR) is 80.8 cm³/mol. The highest BCUT2D eigenvalue weighted by atomic mass is 32.1. The molecule has 0 radical (unpaired) electrons. The lowest BCUT2D eigenvalue weighted by Crippen LogP contribution is -2.43. The van der Waals surface area contributed by atoms with Gasteiger partial charge in [0.25, 0.3) is 0 Å². The van der Waals surface area contributed by atoms with E-state index in [2.05, 4.69) is 31.1 Å². The molecule has 0 atom stereocenters. The summed E-state index contributed by atoms with van der Waals surface area (Å²) in [5, 5.41) is 3.49. The van der Waals surface area contributed by atoms with E-state index in [9.17, 15) is 0 Å². The fourth-order valence-electron chi connectivity index (χ4n) is 2.55. The Kier molecular flexibility index (Phi) is 5.37. The number of nitrogens with zero attached hydrogens (tertiary/aromatic N) is 1. The number of thiazole rings is 1. The van der Waals surface area contributed by atoms with Gasteiger partial charge >= 0.3 is 0 Å². The molecular weight excluding hydrogens is 256 g/mol. The Bertz CT molecular complexity index is 385. The monoisotopic (exact) mass is 282 g/mol. The van der Waals surface area contributed by atoms with Crippen molar-refractivity contribution < 1.29 is 4.74 Å². The molecule has 1 heterocycles. The van der Waals surface area contributed by atoms with Gasteiger partial charge in [0.1, 0.15) is 0 Å². The van der Waals surface area contributed by atoms with E-state index in [1.807, 2.05) is 5.51 Å². The minimum absolute atomic E-state index is 0.167. The van der Waals surface area contributed by atoms with Crippen LogP contribution in [-0.4, -0.2) is 29.8 Å². The Morgan fingerprint density at radius 3 is 2.79 bits per heavy atom. The van der Waals surface area contributed by atoms with Gasteiger partial charge in [0.15, 0.2) is 0 Å². The highest BCUT2D eigenvalue weighted by Gasteiger charge is 2.37. The summed E-state index contributed by atoms with van der Waals surface area (Å²) in [6, 6.07) is 0.567. The average molecular weight is 282 g/mol. The first kappa shape index (κ1) is 14.9. The Labute approximate surface area is 120 Å². The van der Waals surface area contributed by atoms with E-state index in [1.165, 1.54) is 24.1 Å². The minimum Gasteiger partial charge on any atom is -0.375 e. The van der Waals surface area contributed by atoms with Crippen LogP contribution in [0.25, 0.3) is 0 Å². The summed E-state index contributed by atoms with van der Waals surface area (Å²) >= 11 is 1.74. The Balaban J connectivity index is 1.71. The molecule has 19 heavy (non-hydrogen) atoms. The van der Waals surface area contributed by atoms with Crippen LogP contribution in [0.4, 0.5) is 0 Å². The highest BCUT2D eigenvalue weighted by Crippen LogP contribution is 2.38. The molecule has 108 valence electrons. The van der Waals surface area contributed by atoms with Gasteiger partial charge in [-0.25, -0.2) is 4.98 Å². The zero-order chi connectivity index (χ0) is 13.7. The van der Waals surface area contributed by atoms with Crippen LogP contribution in [0.1, 0.15) is 50.1 Å². The molecule has 0 bridgehead atoms. The topological polar surface area (TPSA) is 34.1 Å². The maximum Gasteiger partial charge on any atom is 0.0797 e. The normalized spacial score (nSPS) is 17.7. The summed E-state index contributed by atoms with van der Waals surface area (Å²) < 4.78 is 6.21. The molecule has 0 spiro atoms. The standard InChI is InChI=1S/C15H26N2OS/c1-12(2)16-9-8-15(6-4-7-15)18-10-5-14-13(3)17-11-19-14/h11-12,16H,4-10H2,1-3H3. The van der Waals surface area contributed by atoms with Gasteiger partial charge in [-0.1, -0.05) is 13.8 Å². The molecule has 1 fully saturated rings. The van der Waals surface area contributed by atoms with Gasteiger partial charge in [-0.05, 0) is 39.2 Å². The van der Waals surface area contributed by atoms with Gasteiger partial charge in [0.05, 0.1) is 23.4 Å². The quantitative estimate of drug-likeness (QED) is 0.794. The summed E-state index contributed by atoms with van der Waals surface area (Å²) in [5.74, 6) is 0. The molecule has 0 amide bonds. The van der Waals surface area contributed by atoms with Crippen molar-refractivity contribution in [3.63, 3.8) is 0 Å². The zero-order valence-electron chi connectivity index (χ0n) is 12.4. The van der Waals surface area contributed by atoms with E-state index in [0.29, 0.717) is 6.04 Å². The van der Waals surface area contributed by atoms with Crippen LogP contribution in [0, 0.1) is 6.92 Å². The molecule has 1 saturated carbocycles. The second-order valence-corrected chi connectivity index (χ2v) is 6.79. The summed E-state index contributed by atoms with van der Waals surface area (Å²) in [4.78, 5) is 5.66. The van der Waals surface area contributed by atoms with Crippen molar-refractivity contribution >= 4 is 11.3 Å². The van der Waals surface area contributed by atoms with Crippen LogP contribution < -0.4 is 5.32 Å². The lowest BCUT2D eigenvalue weighted by molar-refractivity contribution is -0.103. The number of ether oxygens (including phenoxy) is 1. The Morgan fingerprint density at radius 1 is 1.47 bits per heavy atom. The first-order chi connectivity index (χ1) is 9.11. The van der Waals surface area contributed by atoms with Gasteiger partial charge in [-0.2, -0.15) is 0 Å². The molecule has 0 aromatic carbocycles. The van der Waals surface area contributed by atoms with Crippen LogP contribution in [0.15, 0.2) is 5.51 Å². The van der Waals surface area contributed by atoms with Crippen LogP contribution >= 0.6 is 11.3 Å². The molecule has 1 aliphatic carbocycles. The third-order valence-corrected chi connectivity index (χ3v) is 4.98. The van der Waals surface area contributed by atoms with Crippen molar-refractivity contribution in [1.29, 1.82) is 0 Å². The van der Waals surface area contributed by atoms with Gasteiger partial charge in [-0.3, -0.25) is 0 Å². The molecule has 2 rings (SSSR count). The molecule has 1 aromatic rings.